The zero-order valence-corrected chi connectivity index (χ0v) is 12.4. The van der Waals surface area contributed by atoms with Crippen LogP contribution in [-0.2, 0) is 15.8 Å². The van der Waals surface area contributed by atoms with Crippen molar-refractivity contribution in [1.82, 2.24) is 4.72 Å². The molecule has 22 heavy (non-hydrogen) atoms. The van der Waals surface area contributed by atoms with E-state index in [9.17, 15) is 22.3 Å². The molecule has 2 rings (SSSR count). The lowest BCUT2D eigenvalue weighted by molar-refractivity contribution is 0.172. The molecule has 0 saturated carbocycles. The van der Waals surface area contributed by atoms with Crippen molar-refractivity contribution in [3.8, 4) is 0 Å². The van der Waals surface area contributed by atoms with Gasteiger partial charge in [-0.05, 0) is 17.7 Å². The van der Waals surface area contributed by atoms with Gasteiger partial charge in [0.1, 0.15) is 11.6 Å². The molecule has 0 aliphatic rings. The normalized spacial score (nSPS) is 13.0. The van der Waals surface area contributed by atoms with Crippen molar-refractivity contribution in [2.75, 3.05) is 6.54 Å². The van der Waals surface area contributed by atoms with Crippen LogP contribution in [0.4, 0.5) is 8.78 Å². The topological polar surface area (TPSA) is 66.4 Å². The van der Waals surface area contributed by atoms with E-state index in [4.69, 9.17) is 0 Å². The molecular weight excluding hydrogens is 312 g/mol. The summed E-state index contributed by atoms with van der Waals surface area (Å²) in [6.45, 7) is -0.507. The molecule has 0 aliphatic heterocycles. The number of sulfonamides is 1. The van der Waals surface area contributed by atoms with Crippen LogP contribution in [0.15, 0.2) is 48.5 Å². The summed E-state index contributed by atoms with van der Waals surface area (Å²) in [5, 5.41) is 9.80. The van der Waals surface area contributed by atoms with E-state index in [1.165, 1.54) is 6.07 Å². The zero-order valence-electron chi connectivity index (χ0n) is 11.5. The van der Waals surface area contributed by atoms with Gasteiger partial charge in [0, 0.05) is 6.54 Å². The van der Waals surface area contributed by atoms with Gasteiger partial charge in [-0.2, -0.15) is 0 Å². The third kappa shape index (κ3) is 4.33. The quantitative estimate of drug-likeness (QED) is 0.854. The second kappa shape index (κ2) is 6.95. The highest BCUT2D eigenvalue weighted by Crippen LogP contribution is 2.20. The monoisotopic (exact) mass is 327 g/mol. The van der Waals surface area contributed by atoms with E-state index in [0.29, 0.717) is 5.56 Å². The van der Waals surface area contributed by atoms with Gasteiger partial charge in [0.15, 0.2) is 0 Å². The molecule has 1 unspecified atom stereocenters. The molecule has 0 aliphatic carbocycles. The first-order valence-electron chi connectivity index (χ1n) is 6.52. The summed E-state index contributed by atoms with van der Waals surface area (Å²) in [4.78, 5) is 0. The molecule has 0 spiro atoms. The maximum Gasteiger partial charge on any atom is 0.215 e. The van der Waals surface area contributed by atoms with Gasteiger partial charge in [0.05, 0.1) is 17.4 Å². The summed E-state index contributed by atoms with van der Waals surface area (Å²) in [6, 6.07) is 11.6. The molecule has 0 bridgehead atoms. The lowest BCUT2D eigenvalue weighted by atomic mass is 10.1. The number of halogens is 2. The standard InChI is InChI=1S/C15H15F2NO3S/c16-12-7-4-8-13(17)15(12)14(19)9-18-22(20,21)10-11-5-2-1-3-6-11/h1-8,14,18-19H,9-10H2. The van der Waals surface area contributed by atoms with Crippen LogP contribution >= 0.6 is 0 Å². The molecule has 118 valence electrons. The fourth-order valence-electron chi connectivity index (χ4n) is 1.98. The molecule has 4 nitrogen and oxygen atoms in total. The van der Waals surface area contributed by atoms with E-state index in [0.717, 1.165) is 12.1 Å². The van der Waals surface area contributed by atoms with Crippen LogP contribution in [0.3, 0.4) is 0 Å². The third-order valence-corrected chi connectivity index (χ3v) is 4.35. The number of nitrogens with one attached hydrogen (secondary N) is 1. The van der Waals surface area contributed by atoms with Crippen LogP contribution in [0, 0.1) is 11.6 Å². The van der Waals surface area contributed by atoms with Crippen molar-refractivity contribution in [1.29, 1.82) is 0 Å². The van der Waals surface area contributed by atoms with Crippen molar-refractivity contribution < 1.29 is 22.3 Å². The summed E-state index contributed by atoms with van der Waals surface area (Å²) < 4.78 is 52.9. The molecule has 0 heterocycles. The first kappa shape index (κ1) is 16.5. The van der Waals surface area contributed by atoms with Crippen LogP contribution in [0.25, 0.3) is 0 Å². The Morgan fingerprint density at radius 3 is 2.18 bits per heavy atom. The van der Waals surface area contributed by atoms with E-state index < -0.39 is 39.9 Å². The minimum Gasteiger partial charge on any atom is -0.387 e. The van der Waals surface area contributed by atoms with Crippen LogP contribution in [0.1, 0.15) is 17.2 Å². The van der Waals surface area contributed by atoms with Crippen LogP contribution in [-0.4, -0.2) is 20.1 Å². The maximum atomic E-state index is 13.5. The van der Waals surface area contributed by atoms with Crippen molar-refractivity contribution >= 4 is 10.0 Å². The molecule has 0 amide bonds. The van der Waals surface area contributed by atoms with Gasteiger partial charge < -0.3 is 5.11 Å². The molecule has 0 fully saturated rings. The number of hydrogen-bond acceptors (Lipinski definition) is 3. The van der Waals surface area contributed by atoms with Crippen molar-refractivity contribution in [2.24, 2.45) is 0 Å². The Hall–Kier alpha value is -1.83. The van der Waals surface area contributed by atoms with Gasteiger partial charge >= 0.3 is 0 Å². The minimum atomic E-state index is -3.72. The summed E-state index contributed by atoms with van der Waals surface area (Å²) in [6.07, 6.45) is -1.60. The fraction of sp³-hybridized carbons (Fsp3) is 0.200. The van der Waals surface area contributed by atoms with Gasteiger partial charge in [0.25, 0.3) is 0 Å². The third-order valence-electron chi connectivity index (χ3n) is 3.03. The second-order valence-electron chi connectivity index (χ2n) is 4.74. The second-order valence-corrected chi connectivity index (χ2v) is 6.55. The van der Waals surface area contributed by atoms with E-state index in [1.807, 2.05) is 0 Å². The molecule has 0 radical (unpaired) electrons. The van der Waals surface area contributed by atoms with Gasteiger partial charge in [0.2, 0.25) is 10.0 Å². The first-order chi connectivity index (χ1) is 10.4. The predicted octanol–water partition coefficient (Wildman–Crippen LogP) is 2.12. The summed E-state index contributed by atoms with van der Waals surface area (Å²) in [5.41, 5.74) is 0.0199. The Labute approximate surface area is 127 Å². The number of benzene rings is 2. The van der Waals surface area contributed by atoms with E-state index in [2.05, 4.69) is 4.72 Å². The molecule has 1 atom stereocenters. The van der Waals surface area contributed by atoms with Crippen molar-refractivity contribution in [3.63, 3.8) is 0 Å². The molecule has 2 aromatic carbocycles. The molecule has 0 saturated heterocycles. The van der Waals surface area contributed by atoms with Crippen molar-refractivity contribution in [2.45, 2.75) is 11.9 Å². The number of rotatable bonds is 6. The van der Waals surface area contributed by atoms with Gasteiger partial charge in [-0.15, -0.1) is 0 Å². The number of aliphatic hydroxyl groups is 1. The molecule has 0 aromatic heterocycles. The fourth-order valence-corrected chi connectivity index (χ4v) is 3.13. The minimum absolute atomic E-state index is 0.277. The van der Waals surface area contributed by atoms with Gasteiger partial charge in [-0.1, -0.05) is 36.4 Å². The Kier molecular flexibility index (Phi) is 5.23. The van der Waals surface area contributed by atoms with Crippen molar-refractivity contribution in [3.05, 3.63) is 71.3 Å². The molecular formula is C15H15F2NO3S. The predicted molar refractivity (Wildman–Crippen MR) is 78.4 cm³/mol. The summed E-state index contributed by atoms with van der Waals surface area (Å²) in [5.74, 6) is -2.12. The lowest BCUT2D eigenvalue weighted by Gasteiger charge is -2.14. The summed E-state index contributed by atoms with van der Waals surface area (Å²) in [7, 11) is -3.72. The van der Waals surface area contributed by atoms with E-state index >= 15 is 0 Å². The van der Waals surface area contributed by atoms with E-state index in [1.54, 1.807) is 30.3 Å². The first-order valence-corrected chi connectivity index (χ1v) is 8.17. The van der Waals surface area contributed by atoms with E-state index in [-0.39, 0.29) is 5.75 Å². The molecule has 2 N–H and O–H groups in total. The Balaban J connectivity index is 2.03. The van der Waals surface area contributed by atoms with Gasteiger partial charge in [-0.25, -0.2) is 21.9 Å². The molecule has 2 aromatic rings. The molecule has 7 heteroatoms. The van der Waals surface area contributed by atoms with Crippen LogP contribution in [0.5, 0.6) is 0 Å². The summed E-state index contributed by atoms with van der Waals surface area (Å²) >= 11 is 0. The Bertz CT molecular complexity index is 715. The highest BCUT2D eigenvalue weighted by Gasteiger charge is 2.20. The largest absolute Gasteiger partial charge is 0.387 e. The Morgan fingerprint density at radius 1 is 1.00 bits per heavy atom. The SMILES string of the molecule is O=S(=O)(Cc1ccccc1)NCC(O)c1c(F)cccc1F. The number of aliphatic hydroxyl groups excluding tert-OH is 1. The highest BCUT2D eigenvalue weighted by atomic mass is 32.2. The average molecular weight is 327 g/mol. The maximum absolute atomic E-state index is 13.5. The zero-order chi connectivity index (χ0) is 16.2. The van der Waals surface area contributed by atoms with Crippen LogP contribution in [0.2, 0.25) is 0 Å². The smallest absolute Gasteiger partial charge is 0.215 e. The van der Waals surface area contributed by atoms with Gasteiger partial charge in [-0.3, -0.25) is 0 Å². The highest BCUT2D eigenvalue weighted by molar-refractivity contribution is 7.88. The lowest BCUT2D eigenvalue weighted by Crippen LogP contribution is -2.30. The van der Waals surface area contributed by atoms with Crippen LogP contribution < -0.4 is 4.72 Å². The Morgan fingerprint density at radius 2 is 1.59 bits per heavy atom. The average Bonchev–Trinajstić information content (AvgIpc) is 2.46. The number of hydrogen-bond donors (Lipinski definition) is 2.